The first-order valence-electron chi connectivity index (χ1n) is 8.86. The number of hydrogen-bond acceptors (Lipinski definition) is 5. The Kier molecular flexibility index (Phi) is 3.62. The minimum Gasteiger partial charge on any atom is -0.399 e. The summed E-state index contributed by atoms with van der Waals surface area (Å²) in [6, 6.07) is 6.21. The number of nitrogens with zero attached hydrogens (tertiary/aromatic N) is 3. The third kappa shape index (κ3) is 2.41. The van der Waals surface area contributed by atoms with E-state index in [2.05, 4.69) is 45.0 Å². The fourth-order valence-corrected chi connectivity index (χ4v) is 3.41. The van der Waals surface area contributed by atoms with E-state index in [9.17, 15) is 0 Å². The zero-order valence-corrected chi connectivity index (χ0v) is 16.4. The molecule has 6 nitrogen and oxygen atoms in total. The zero-order chi connectivity index (χ0) is 18.9. The van der Waals surface area contributed by atoms with Crippen LogP contribution in [0.4, 0.5) is 0 Å². The van der Waals surface area contributed by atoms with Gasteiger partial charge < -0.3 is 13.8 Å². The monoisotopic (exact) mass is 353 g/mol. The van der Waals surface area contributed by atoms with Crippen LogP contribution >= 0.6 is 0 Å². The van der Waals surface area contributed by atoms with Crippen molar-refractivity contribution in [2.75, 3.05) is 0 Å². The van der Waals surface area contributed by atoms with Crippen LogP contribution in [0.2, 0.25) is 0 Å². The molecule has 0 amide bonds. The third-order valence-electron chi connectivity index (χ3n) is 5.67. The topological polar surface area (TPSA) is 62.3 Å². The fraction of sp³-hybridized carbons (Fsp3) is 0.474. The van der Waals surface area contributed by atoms with Crippen LogP contribution in [0.25, 0.3) is 22.2 Å². The summed E-state index contributed by atoms with van der Waals surface area (Å²) in [6.45, 7) is 12.1. The first-order chi connectivity index (χ1) is 12.1. The number of rotatable bonds is 2. The lowest BCUT2D eigenvalue weighted by molar-refractivity contribution is 0.00578. The third-order valence-corrected chi connectivity index (χ3v) is 5.67. The number of hydrogen-bond donors (Lipinski definition) is 0. The Balaban J connectivity index is 1.85. The molecule has 0 aliphatic carbocycles. The van der Waals surface area contributed by atoms with E-state index in [1.807, 2.05) is 31.6 Å². The Morgan fingerprint density at radius 3 is 2.27 bits per heavy atom. The lowest BCUT2D eigenvalue weighted by Gasteiger charge is -2.32. The Bertz CT molecular complexity index is 968. The van der Waals surface area contributed by atoms with Gasteiger partial charge >= 0.3 is 7.12 Å². The van der Waals surface area contributed by atoms with E-state index in [0.717, 1.165) is 39.1 Å². The van der Waals surface area contributed by atoms with Crippen molar-refractivity contribution in [1.29, 1.82) is 0 Å². The number of aromatic nitrogens is 3. The van der Waals surface area contributed by atoms with Gasteiger partial charge in [-0.15, -0.1) is 0 Å². The molecule has 1 aliphatic heterocycles. The molecule has 7 heteroatoms. The molecular weight excluding hydrogens is 329 g/mol. The van der Waals surface area contributed by atoms with Gasteiger partial charge in [0.25, 0.3) is 0 Å². The van der Waals surface area contributed by atoms with E-state index >= 15 is 0 Å². The van der Waals surface area contributed by atoms with E-state index in [-0.39, 0.29) is 11.2 Å². The van der Waals surface area contributed by atoms with E-state index in [4.69, 9.17) is 18.9 Å². The van der Waals surface area contributed by atoms with Crippen LogP contribution in [-0.4, -0.2) is 33.3 Å². The Labute approximate surface area is 153 Å². The van der Waals surface area contributed by atoms with Gasteiger partial charge in [-0.1, -0.05) is 17.3 Å². The lowest BCUT2D eigenvalue weighted by atomic mass is 9.78. The molecule has 0 bridgehead atoms. The smallest absolute Gasteiger partial charge is 0.399 e. The number of benzene rings is 1. The molecule has 0 atom stereocenters. The molecular formula is C19H24BN3O3. The molecule has 2 aromatic heterocycles. The van der Waals surface area contributed by atoms with Crippen molar-refractivity contribution in [3.8, 4) is 11.3 Å². The summed E-state index contributed by atoms with van der Waals surface area (Å²) in [5.74, 6) is 0.767. The Morgan fingerprint density at radius 1 is 1.04 bits per heavy atom. The van der Waals surface area contributed by atoms with Crippen molar-refractivity contribution >= 4 is 23.5 Å². The van der Waals surface area contributed by atoms with E-state index in [1.54, 1.807) is 0 Å². The van der Waals surface area contributed by atoms with Crippen molar-refractivity contribution < 1.29 is 13.8 Å². The summed E-state index contributed by atoms with van der Waals surface area (Å²) in [5.41, 5.74) is 3.94. The SMILES string of the molecule is Cc1noc(C)c1-c1nn(C)c2ccc(B3OC(C)(C)C(C)(C)O3)cc12. The molecule has 3 heterocycles. The van der Waals surface area contributed by atoms with Crippen LogP contribution in [0.5, 0.6) is 0 Å². The molecule has 26 heavy (non-hydrogen) atoms. The molecule has 0 spiro atoms. The normalized spacial score (nSPS) is 18.8. The molecule has 0 saturated carbocycles. The van der Waals surface area contributed by atoms with E-state index in [1.165, 1.54) is 0 Å². The van der Waals surface area contributed by atoms with Crippen molar-refractivity contribution in [2.24, 2.45) is 7.05 Å². The highest BCUT2D eigenvalue weighted by Crippen LogP contribution is 2.37. The predicted octanol–water partition coefficient (Wildman–Crippen LogP) is 3.14. The summed E-state index contributed by atoms with van der Waals surface area (Å²) >= 11 is 0. The van der Waals surface area contributed by atoms with Gasteiger partial charge in [-0.05, 0) is 53.1 Å². The van der Waals surface area contributed by atoms with Gasteiger partial charge in [-0.25, -0.2) is 0 Å². The first-order valence-corrected chi connectivity index (χ1v) is 8.86. The summed E-state index contributed by atoms with van der Waals surface area (Å²) in [4.78, 5) is 0. The summed E-state index contributed by atoms with van der Waals surface area (Å²) in [7, 11) is 1.54. The molecule has 4 rings (SSSR count). The number of aryl methyl sites for hydroxylation is 3. The zero-order valence-electron chi connectivity index (χ0n) is 16.4. The lowest BCUT2D eigenvalue weighted by Crippen LogP contribution is -2.41. The van der Waals surface area contributed by atoms with Crippen molar-refractivity contribution in [3.05, 3.63) is 29.7 Å². The van der Waals surface area contributed by atoms with Gasteiger partial charge in [0.1, 0.15) is 11.5 Å². The summed E-state index contributed by atoms with van der Waals surface area (Å²) < 4.78 is 19.6. The van der Waals surface area contributed by atoms with Crippen LogP contribution < -0.4 is 5.46 Å². The molecule has 0 radical (unpaired) electrons. The highest BCUT2D eigenvalue weighted by molar-refractivity contribution is 6.62. The average molecular weight is 353 g/mol. The molecule has 3 aromatic rings. The summed E-state index contributed by atoms with van der Waals surface area (Å²) in [6.07, 6.45) is 0. The maximum atomic E-state index is 6.20. The van der Waals surface area contributed by atoms with Crippen LogP contribution in [0.15, 0.2) is 22.7 Å². The van der Waals surface area contributed by atoms with Crippen LogP contribution in [0.3, 0.4) is 0 Å². The molecule has 0 N–H and O–H groups in total. The first kappa shape index (κ1) is 17.3. The van der Waals surface area contributed by atoms with Gasteiger partial charge in [-0.3, -0.25) is 4.68 Å². The fourth-order valence-electron chi connectivity index (χ4n) is 3.41. The van der Waals surface area contributed by atoms with Gasteiger partial charge in [0, 0.05) is 12.4 Å². The van der Waals surface area contributed by atoms with Crippen molar-refractivity contribution in [2.45, 2.75) is 52.7 Å². The van der Waals surface area contributed by atoms with E-state index < -0.39 is 7.12 Å². The minimum atomic E-state index is -0.401. The average Bonchev–Trinajstić information content (AvgIpc) is 3.12. The molecule has 1 aromatic carbocycles. The maximum Gasteiger partial charge on any atom is 0.494 e. The molecule has 1 aliphatic rings. The minimum absolute atomic E-state index is 0.369. The molecule has 1 fully saturated rings. The Hall–Kier alpha value is -2.12. The molecule has 0 unspecified atom stereocenters. The second kappa shape index (κ2) is 5.44. The van der Waals surface area contributed by atoms with Gasteiger partial charge in [0.05, 0.1) is 28.0 Å². The van der Waals surface area contributed by atoms with Crippen LogP contribution in [0, 0.1) is 13.8 Å². The standard InChI is InChI=1S/C19H24BN3O3/c1-11-16(12(2)24-22-11)17-14-10-13(8-9-15(14)23(7)21-17)20-25-18(3,4)19(5,6)26-20/h8-10H,1-7H3. The highest BCUT2D eigenvalue weighted by Gasteiger charge is 2.51. The quantitative estimate of drug-likeness (QED) is 0.663. The van der Waals surface area contributed by atoms with Crippen LogP contribution in [-0.2, 0) is 16.4 Å². The van der Waals surface area contributed by atoms with Crippen molar-refractivity contribution in [3.63, 3.8) is 0 Å². The molecule has 136 valence electrons. The summed E-state index contributed by atoms with van der Waals surface area (Å²) in [5, 5.41) is 9.82. The largest absolute Gasteiger partial charge is 0.494 e. The van der Waals surface area contributed by atoms with Crippen LogP contribution in [0.1, 0.15) is 39.1 Å². The predicted molar refractivity (Wildman–Crippen MR) is 101 cm³/mol. The van der Waals surface area contributed by atoms with Crippen molar-refractivity contribution in [1.82, 2.24) is 14.9 Å². The van der Waals surface area contributed by atoms with E-state index in [0.29, 0.717) is 0 Å². The highest BCUT2D eigenvalue weighted by atomic mass is 16.7. The van der Waals surface area contributed by atoms with Gasteiger partial charge in [0.15, 0.2) is 0 Å². The Morgan fingerprint density at radius 2 is 1.69 bits per heavy atom. The second-order valence-corrected chi connectivity index (χ2v) is 8.04. The number of fused-ring (bicyclic) bond motifs is 1. The van der Waals surface area contributed by atoms with Gasteiger partial charge in [-0.2, -0.15) is 5.10 Å². The maximum absolute atomic E-state index is 6.20. The van der Waals surface area contributed by atoms with Gasteiger partial charge in [0.2, 0.25) is 0 Å². The second-order valence-electron chi connectivity index (χ2n) is 8.04. The molecule has 1 saturated heterocycles.